The fourth-order valence-corrected chi connectivity index (χ4v) is 2.89. The van der Waals surface area contributed by atoms with Crippen molar-refractivity contribution in [2.75, 3.05) is 6.61 Å². The molecule has 0 aliphatic heterocycles. The van der Waals surface area contributed by atoms with Gasteiger partial charge >= 0.3 is 11.9 Å². The summed E-state index contributed by atoms with van der Waals surface area (Å²) >= 11 is 0. The van der Waals surface area contributed by atoms with Gasteiger partial charge in [-0.15, -0.1) is 0 Å². The van der Waals surface area contributed by atoms with E-state index in [0.717, 1.165) is 25.7 Å². The Morgan fingerprint density at radius 3 is 2.61 bits per heavy atom. The van der Waals surface area contributed by atoms with Gasteiger partial charge in [-0.2, -0.15) is 0 Å². The summed E-state index contributed by atoms with van der Waals surface area (Å²) in [5.41, 5.74) is 0. The molecule has 1 N–H and O–H groups in total. The Kier molecular flexibility index (Phi) is 4.39. The second-order valence-corrected chi connectivity index (χ2v) is 5.26. The molecule has 4 heteroatoms. The van der Waals surface area contributed by atoms with E-state index in [0.29, 0.717) is 24.9 Å². The lowest BCUT2D eigenvalue weighted by molar-refractivity contribution is -0.149. The van der Waals surface area contributed by atoms with E-state index >= 15 is 0 Å². The molecule has 0 aromatic heterocycles. The second kappa shape index (κ2) is 6.03. The van der Waals surface area contributed by atoms with E-state index in [1.54, 1.807) is 0 Å². The Hall–Kier alpha value is -1.32. The first-order valence-electron chi connectivity index (χ1n) is 6.73. The molecular weight excluding hydrogens is 232 g/mol. The minimum atomic E-state index is -0.763. The maximum atomic E-state index is 11.8. The van der Waals surface area contributed by atoms with Gasteiger partial charge in [0.05, 0.1) is 12.5 Å². The van der Waals surface area contributed by atoms with E-state index in [2.05, 4.69) is 12.2 Å². The zero-order valence-electron chi connectivity index (χ0n) is 10.5. The average molecular weight is 252 g/mol. The fraction of sp³-hybridized carbons (Fsp3) is 0.714. The van der Waals surface area contributed by atoms with Gasteiger partial charge in [0, 0.05) is 6.42 Å². The van der Waals surface area contributed by atoms with E-state index in [4.69, 9.17) is 9.84 Å². The summed E-state index contributed by atoms with van der Waals surface area (Å²) in [7, 11) is 0. The molecule has 3 atom stereocenters. The summed E-state index contributed by atoms with van der Waals surface area (Å²) in [4.78, 5) is 22.1. The van der Waals surface area contributed by atoms with Gasteiger partial charge in [-0.3, -0.25) is 9.59 Å². The quantitative estimate of drug-likeness (QED) is 0.429. The van der Waals surface area contributed by atoms with Crippen LogP contribution in [0.5, 0.6) is 0 Å². The molecule has 2 bridgehead atoms. The van der Waals surface area contributed by atoms with E-state index in [9.17, 15) is 9.59 Å². The Labute approximate surface area is 107 Å². The van der Waals surface area contributed by atoms with Crippen LogP contribution < -0.4 is 0 Å². The van der Waals surface area contributed by atoms with Crippen molar-refractivity contribution in [3.05, 3.63) is 12.2 Å². The van der Waals surface area contributed by atoms with Crippen molar-refractivity contribution in [3.63, 3.8) is 0 Å². The van der Waals surface area contributed by atoms with Crippen LogP contribution in [0.25, 0.3) is 0 Å². The Morgan fingerprint density at radius 1 is 1.17 bits per heavy atom. The summed E-state index contributed by atoms with van der Waals surface area (Å²) in [6, 6.07) is 0. The van der Waals surface area contributed by atoms with Gasteiger partial charge in [0.1, 0.15) is 0 Å². The Morgan fingerprint density at radius 2 is 2.00 bits per heavy atom. The number of aliphatic carboxylic acids is 1. The molecule has 0 spiro atoms. The van der Waals surface area contributed by atoms with Gasteiger partial charge in [0.15, 0.2) is 0 Å². The number of hydrogen-bond donors (Lipinski definition) is 1. The van der Waals surface area contributed by atoms with E-state index in [1.807, 2.05) is 0 Å². The third-order valence-corrected chi connectivity index (χ3v) is 3.86. The van der Waals surface area contributed by atoms with Crippen LogP contribution in [0.15, 0.2) is 12.2 Å². The maximum Gasteiger partial charge on any atom is 0.309 e. The molecule has 2 rings (SSSR count). The van der Waals surface area contributed by atoms with E-state index < -0.39 is 5.97 Å². The fourth-order valence-electron chi connectivity index (χ4n) is 2.89. The largest absolute Gasteiger partial charge is 0.481 e. The van der Waals surface area contributed by atoms with E-state index in [1.165, 1.54) is 0 Å². The van der Waals surface area contributed by atoms with Crippen LogP contribution >= 0.6 is 0 Å². The molecule has 1 fully saturated rings. The number of unbranched alkanes of at least 4 members (excludes halogenated alkanes) is 2. The second-order valence-electron chi connectivity index (χ2n) is 5.26. The van der Waals surface area contributed by atoms with E-state index in [-0.39, 0.29) is 18.3 Å². The first kappa shape index (κ1) is 13.1. The number of rotatable bonds is 7. The molecule has 2 aliphatic rings. The number of esters is 1. The first-order chi connectivity index (χ1) is 8.66. The van der Waals surface area contributed by atoms with Gasteiger partial charge in [-0.25, -0.2) is 0 Å². The van der Waals surface area contributed by atoms with Crippen LogP contribution in [0.4, 0.5) is 0 Å². The predicted molar refractivity (Wildman–Crippen MR) is 65.9 cm³/mol. The third-order valence-electron chi connectivity index (χ3n) is 3.86. The number of carbonyl (C=O) groups excluding carboxylic acids is 1. The number of carboxylic acids is 1. The topological polar surface area (TPSA) is 63.6 Å². The van der Waals surface area contributed by atoms with Crippen molar-refractivity contribution in [2.45, 2.75) is 38.5 Å². The summed E-state index contributed by atoms with van der Waals surface area (Å²) in [6.07, 6.45) is 8.82. The monoisotopic (exact) mass is 252 g/mol. The summed E-state index contributed by atoms with van der Waals surface area (Å²) < 4.78 is 5.27. The highest BCUT2D eigenvalue weighted by Crippen LogP contribution is 2.43. The number of allylic oxidation sites excluding steroid dienone is 2. The normalized spacial score (nSPS) is 28.6. The molecule has 1 saturated carbocycles. The summed E-state index contributed by atoms with van der Waals surface area (Å²) in [6.45, 7) is 0.427. The van der Waals surface area contributed by atoms with Crippen LogP contribution in [0.1, 0.15) is 38.5 Å². The number of carbonyl (C=O) groups is 2. The number of fused-ring (bicyclic) bond motifs is 2. The minimum absolute atomic E-state index is 0.0647. The number of hydrogen-bond acceptors (Lipinski definition) is 3. The SMILES string of the molecule is O=C(O)CCCCCOC(=O)C1CC2C=CC1C2. The molecule has 0 heterocycles. The van der Waals surface area contributed by atoms with Crippen molar-refractivity contribution >= 4 is 11.9 Å². The van der Waals surface area contributed by atoms with Crippen LogP contribution in [-0.2, 0) is 14.3 Å². The zero-order chi connectivity index (χ0) is 13.0. The highest BCUT2D eigenvalue weighted by molar-refractivity contribution is 5.74. The van der Waals surface area contributed by atoms with Crippen LogP contribution in [0, 0.1) is 17.8 Å². The van der Waals surface area contributed by atoms with Gasteiger partial charge in [0.25, 0.3) is 0 Å². The van der Waals surface area contributed by atoms with Crippen LogP contribution in [0.2, 0.25) is 0 Å². The molecule has 18 heavy (non-hydrogen) atoms. The lowest BCUT2D eigenvalue weighted by Crippen LogP contribution is -2.22. The standard InChI is InChI=1S/C14H20O4/c15-13(16)4-2-1-3-7-18-14(17)12-9-10-5-6-11(12)8-10/h5-6,10-12H,1-4,7-9H2,(H,15,16). The van der Waals surface area contributed by atoms with Crippen LogP contribution in [-0.4, -0.2) is 23.7 Å². The van der Waals surface area contributed by atoms with Gasteiger partial charge in [-0.05, 0) is 43.9 Å². The van der Waals surface area contributed by atoms with Crippen molar-refractivity contribution in [3.8, 4) is 0 Å². The molecule has 0 aromatic rings. The smallest absolute Gasteiger partial charge is 0.309 e. The van der Waals surface area contributed by atoms with Crippen molar-refractivity contribution in [1.29, 1.82) is 0 Å². The molecule has 0 radical (unpaired) electrons. The van der Waals surface area contributed by atoms with Gasteiger partial charge < -0.3 is 9.84 Å². The van der Waals surface area contributed by atoms with Crippen LogP contribution in [0.3, 0.4) is 0 Å². The maximum absolute atomic E-state index is 11.8. The predicted octanol–water partition coefficient (Wildman–Crippen LogP) is 2.39. The number of carboxylic acid groups (broad SMARTS) is 1. The van der Waals surface area contributed by atoms with Crippen molar-refractivity contribution in [1.82, 2.24) is 0 Å². The lowest BCUT2D eigenvalue weighted by Gasteiger charge is -2.16. The molecule has 100 valence electrons. The highest BCUT2D eigenvalue weighted by atomic mass is 16.5. The molecular formula is C14H20O4. The van der Waals surface area contributed by atoms with Crippen molar-refractivity contribution < 1.29 is 19.4 Å². The van der Waals surface area contributed by atoms with Gasteiger partial charge in [-0.1, -0.05) is 12.2 Å². The molecule has 3 unspecified atom stereocenters. The van der Waals surface area contributed by atoms with Crippen molar-refractivity contribution in [2.24, 2.45) is 17.8 Å². The number of ether oxygens (including phenoxy) is 1. The lowest BCUT2D eigenvalue weighted by atomic mass is 9.94. The molecule has 0 saturated heterocycles. The minimum Gasteiger partial charge on any atom is -0.481 e. The van der Waals surface area contributed by atoms with Gasteiger partial charge in [0.2, 0.25) is 0 Å². The highest BCUT2D eigenvalue weighted by Gasteiger charge is 2.40. The summed E-state index contributed by atoms with van der Waals surface area (Å²) in [5.74, 6) is 0.225. The Bertz CT molecular complexity index is 348. The zero-order valence-corrected chi connectivity index (χ0v) is 10.5. The molecule has 0 amide bonds. The third kappa shape index (κ3) is 3.34. The summed E-state index contributed by atoms with van der Waals surface area (Å²) in [5, 5.41) is 8.47. The molecule has 0 aromatic carbocycles. The first-order valence-corrected chi connectivity index (χ1v) is 6.73. The molecule has 4 nitrogen and oxygen atoms in total. The average Bonchev–Trinajstić information content (AvgIpc) is 2.94. The Balaban J connectivity index is 1.56. The molecule has 2 aliphatic carbocycles.